The van der Waals surface area contributed by atoms with Crippen molar-refractivity contribution in [1.82, 2.24) is 14.3 Å². The van der Waals surface area contributed by atoms with Crippen LogP contribution < -0.4 is 4.72 Å². The number of carbonyl (C=O) groups excluding carboxylic acids is 1. The molecule has 0 atom stereocenters. The van der Waals surface area contributed by atoms with Crippen LogP contribution in [0.2, 0.25) is 5.02 Å². The second-order valence-electron chi connectivity index (χ2n) is 5.42. The molecule has 2 aromatic carbocycles. The first kappa shape index (κ1) is 18.1. The smallest absolute Gasteiger partial charge is 0.283 e. The molecule has 0 aliphatic rings. The standard InChI is InChI=1S/C17H13ClFN3O3S/c1-11-5-4-8-15(16(11)19)26(24,25)21-17(23)14-9-20-10-22(14)13-7-3-2-6-12(13)18/h2-10H,1H3,(H,21,23). The van der Waals surface area contributed by atoms with E-state index in [4.69, 9.17) is 11.6 Å². The molecular formula is C17H13ClFN3O3S. The minimum absolute atomic E-state index is 0.0604. The predicted molar refractivity (Wildman–Crippen MR) is 94.4 cm³/mol. The van der Waals surface area contributed by atoms with Gasteiger partial charge in [0.25, 0.3) is 15.9 Å². The van der Waals surface area contributed by atoms with Crippen molar-refractivity contribution < 1.29 is 17.6 Å². The van der Waals surface area contributed by atoms with E-state index >= 15 is 0 Å². The second kappa shape index (κ2) is 6.89. The molecule has 0 aliphatic carbocycles. The number of hydrogen-bond donors (Lipinski definition) is 1. The summed E-state index contributed by atoms with van der Waals surface area (Å²) in [5.41, 5.74) is 0.548. The molecule has 0 spiro atoms. The summed E-state index contributed by atoms with van der Waals surface area (Å²) in [6, 6.07) is 10.6. The Balaban J connectivity index is 1.96. The van der Waals surface area contributed by atoms with Crippen molar-refractivity contribution in [3.8, 4) is 5.69 Å². The Hall–Kier alpha value is -2.71. The summed E-state index contributed by atoms with van der Waals surface area (Å²) in [5, 5.41) is 0.354. The number of hydrogen-bond acceptors (Lipinski definition) is 4. The Morgan fingerprint density at radius 3 is 2.65 bits per heavy atom. The third-order valence-electron chi connectivity index (χ3n) is 3.66. The maximum Gasteiger partial charge on any atom is 0.283 e. The van der Waals surface area contributed by atoms with Crippen LogP contribution in [0.5, 0.6) is 0 Å². The second-order valence-corrected chi connectivity index (χ2v) is 7.48. The lowest BCUT2D eigenvalue weighted by molar-refractivity contribution is 0.0974. The van der Waals surface area contributed by atoms with E-state index in [2.05, 4.69) is 4.98 Å². The molecule has 0 unspecified atom stereocenters. The lowest BCUT2D eigenvalue weighted by atomic mass is 10.2. The van der Waals surface area contributed by atoms with Crippen molar-refractivity contribution >= 4 is 27.5 Å². The molecule has 1 heterocycles. The Labute approximate surface area is 154 Å². The van der Waals surface area contributed by atoms with Gasteiger partial charge in [-0.25, -0.2) is 22.5 Å². The average Bonchev–Trinajstić information content (AvgIpc) is 3.07. The molecule has 0 aliphatic heterocycles. The number of imidazole rings is 1. The molecule has 0 bridgehead atoms. The predicted octanol–water partition coefficient (Wildman–Crippen LogP) is 3.09. The van der Waals surface area contributed by atoms with Gasteiger partial charge in [-0.2, -0.15) is 0 Å². The van der Waals surface area contributed by atoms with Gasteiger partial charge in [-0.3, -0.25) is 9.36 Å². The number of rotatable bonds is 4. The highest BCUT2D eigenvalue weighted by atomic mass is 35.5. The molecule has 0 radical (unpaired) electrons. The van der Waals surface area contributed by atoms with Crippen LogP contribution in [0.15, 0.2) is 59.9 Å². The number of aromatic nitrogens is 2. The molecular weight excluding hydrogens is 381 g/mol. The summed E-state index contributed by atoms with van der Waals surface area (Å²) in [6.07, 6.45) is 2.52. The average molecular weight is 394 g/mol. The van der Waals surface area contributed by atoms with Gasteiger partial charge in [0.05, 0.1) is 23.2 Å². The van der Waals surface area contributed by atoms with Crippen molar-refractivity contribution in [1.29, 1.82) is 0 Å². The zero-order chi connectivity index (χ0) is 18.9. The van der Waals surface area contributed by atoms with Crippen LogP contribution in [0.3, 0.4) is 0 Å². The van der Waals surface area contributed by atoms with Crippen LogP contribution in [0.25, 0.3) is 5.69 Å². The van der Waals surface area contributed by atoms with E-state index in [9.17, 15) is 17.6 Å². The molecule has 9 heteroatoms. The third kappa shape index (κ3) is 3.33. The quantitative estimate of drug-likeness (QED) is 0.738. The summed E-state index contributed by atoms with van der Waals surface area (Å²) in [5.74, 6) is -1.87. The number of aryl methyl sites for hydroxylation is 1. The van der Waals surface area contributed by atoms with Crippen LogP contribution in [0, 0.1) is 12.7 Å². The van der Waals surface area contributed by atoms with Crippen LogP contribution in [0.4, 0.5) is 4.39 Å². The normalized spacial score (nSPS) is 11.3. The highest BCUT2D eigenvalue weighted by Gasteiger charge is 2.25. The van der Waals surface area contributed by atoms with E-state index in [1.165, 1.54) is 36.1 Å². The Morgan fingerprint density at radius 2 is 1.92 bits per heavy atom. The molecule has 6 nitrogen and oxygen atoms in total. The van der Waals surface area contributed by atoms with E-state index in [1.54, 1.807) is 24.3 Å². The minimum Gasteiger partial charge on any atom is -0.293 e. The van der Waals surface area contributed by atoms with E-state index in [0.29, 0.717) is 10.7 Å². The number of nitrogens with zero attached hydrogens (tertiary/aromatic N) is 2. The Bertz CT molecular complexity index is 1100. The molecule has 3 rings (SSSR count). The van der Waals surface area contributed by atoms with Gasteiger partial charge in [-0.15, -0.1) is 0 Å². The summed E-state index contributed by atoms with van der Waals surface area (Å²) in [4.78, 5) is 15.7. The fraction of sp³-hybridized carbons (Fsp3) is 0.0588. The summed E-state index contributed by atoms with van der Waals surface area (Å²) in [7, 11) is -4.40. The van der Waals surface area contributed by atoms with Crippen molar-refractivity contribution in [3.05, 3.63) is 77.1 Å². The summed E-state index contributed by atoms with van der Waals surface area (Å²) >= 11 is 6.11. The van der Waals surface area contributed by atoms with E-state index < -0.39 is 26.6 Å². The van der Waals surface area contributed by atoms with Crippen molar-refractivity contribution in [2.24, 2.45) is 0 Å². The van der Waals surface area contributed by atoms with Crippen LogP contribution in [-0.4, -0.2) is 23.9 Å². The lowest BCUT2D eigenvalue weighted by Gasteiger charge is -2.11. The van der Waals surface area contributed by atoms with Crippen molar-refractivity contribution in [2.75, 3.05) is 0 Å². The topological polar surface area (TPSA) is 81.1 Å². The third-order valence-corrected chi connectivity index (χ3v) is 5.32. The van der Waals surface area contributed by atoms with Crippen LogP contribution in [-0.2, 0) is 10.0 Å². The largest absolute Gasteiger partial charge is 0.293 e. The number of amides is 1. The number of sulfonamides is 1. The van der Waals surface area contributed by atoms with Gasteiger partial charge in [-0.05, 0) is 30.7 Å². The Morgan fingerprint density at radius 1 is 1.19 bits per heavy atom. The van der Waals surface area contributed by atoms with Gasteiger partial charge >= 0.3 is 0 Å². The first-order valence-electron chi connectivity index (χ1n) is 7.41. The molecule has 0 saturated carbocycles. The molecule has 1 N–H and O–H groups in total. The van der Waals surface area contributed by atoms with Crippen LogP contribution in [0.1, 0.15) is 16.1 Å². The number of benzene rings is 2. The molecule has 1 amide bonds. The SMILES string of the molecule is Cc1cccc(S(=O)(=O)NC(=O)c2cncn2-c2ccccc2Cl)c1F. The fourth-order valence-corrected chi connectivity index (χ4v) is 3.70. The van der Waals surface area contributed by atoms with Gasteiger partial charge in [-0.1, -0.05) is 35.9 Å². The molecule has 0 saturated heterocycles. The van der Waals surface area contributed by atoms with Gasteiger partial charge in [0.15, 0.2) is 0 Å². The van der Waals surface area contributed by atoms with E-state index in [-0.39, 0.29) is 11.3 Å². The molecule has 134 valence electrons. The highest BCUT2D eigenvalue weighted by molar-refractivity contribution is 7.90. The van der Waals surface area contributed by atoms with Crippen LogP contribution >= 0.6 is 11.6 Å². The number of carbonyl (C=O) groups is 1. The highest BCUT2D eigenvalue weighted by Crippen LogP contribution is 2.22. The number of para-hydroxylation sites is 1. The number of nitrogens with one attached hydrogen (secondary N) is 1. The maximum absolute atomic E-state index is 14.1. The van der Waals surface area contributed by atoms with Gasteiger partial charge in [0.1, 0.15) is 16.4 Å². The van der Waals surface area contributed by atoms with Crippen molar-refractivity contribution in [3.63, 3.8) is 0 Å². The molecule has 1 aromatic heterocycles. The van der Waals surface area contributed by atoms with Crippen molar-refractivity contribution in [2.45, 2.75) is 11.8 Å². The van der Waals surface area contributed by atoms with Gasteiger partial charge in [0.2, 0.25) is 0 Å². The van der Waals surface area contributed by atoms with E-state index in [1.807, 2.05) is 4.72 Å². The zero-order valence-corrected chi connectivity index (χ0v) is 15.1. The lowest BCUT2D eigenvalue weighted by Crippen LogP contribution is -2.32. The molecule has 26 heavy (non-hydrogen) atoms. The monoisotopic (exact) mass is 393 g/mol. The van der Waals surface area contributed by atoms with E-state index in [0.717, 1.165) is 6.07 Å². The van der Waals surface area contributed by atoms with Gasteiger partial charge in [0, 0.05) is 0 Å². The number of halogens is 2. The van der Waals surface area contributed by atoms with Gasteiger partial charge < -0.3 is 0 Å². The maximum atomic E-state index is 14.1. The Kier molecular flexibility index (Phi) is 4.80. The summed E-state index contributed by atoms with van der Waals surface area (Å²) < 4.78 is 42.1. The fourth-order valence-electron chi connectivity index (χ4n) is 2.36. The first-order valence-corrected chi connectivity index (χ1v) is 9.27. The minimum atomic E-state index is -4.40. The molecule has 0 fully saturated rings. The first-order chi connectivity index (χ1) is 12.3. The zero-order valence-electron chi connectivity index (χ0n) is 13.5. The molecule has 3 aromatic rings. The summed E-state index contributed by atoms with van der Waals surface area (Å²) in [6.45, 7) is 1.43.